The van der Waals surface area contributed by atoms with Crippen molar-refractivity contribution in [2.75, 3.05) is 31.1 Å². The maximum Gasteiger partial charge on any atom is 0.573 e. The summed E-state index contributed by atoms with van der Waals surface area (Å²) in [6.45, 7) is 12.7. The number of hydrogen-bond acceptors (Lipinski definition) is 13. The second kappa shape index (κ2) is 19.0. The molecule has 5 heterocycles. The van der Waals surface area contributed by atoms with Crippen LogP contribution in [0.25, 0.3) is 0 Å². The number of halogens is 6. The van der Waals surface area contributed by atoms with E-state index in [0.29, 0.717) is 71.8 Å². The lowest BCUT2D eigenvalue weighted by Crippen LogP contribution is -2.43. The van der Waals surface area contributed by atoms with Crippen molar-refractivity contribution in [3.63, 3.8) is 0 Å². The van der Waals surface area contributed by atoms with E-state index in [2.05, 4.69) is 46.1 Å². The van der Waals surface area contributed by atoms with Crippen molar-refractivity contribution in [2.45, 2.75) is 104 Å². The Morgan fingerprint density at radius 3 is 1.65 bits per heavy atom. The molecular formula is C45H53F6N11O4. The van der Waals surface area contributed by atoms with E-state index in [0.717, 1.165) is 51.9 Å². The average Bonchev–Trinajstić information content (AvgIpc) is 4.06. The van der Waals surface area contributed by atoms with Crippen LogP contribution in [-0.2, 0) is 19.3 Å². The van der Waals surface area contributed by atoms with Crippen molar-refractivity contribution in [3.8, 4) is 35.5 Å². The van der Waals surface area contributed by atoms with Crippen LogP contribution in [0.1, 0.15) is 88.5 Å². The number of alkyl halides is 6. The molecule has 4 aliphatic rings. The van der Waals surface area contributed by atoms with E-state index in [1.807, 2.05) is 39.5 Å². The Morgan fingerprint density at radius 2 is 1.18 bits per heavy atom. The first-order valence-corrected chi connectivity index (χ1v) is 22.4. The Morgan fingerprint density at radius 1 is 0.697 bits per heavy atom. The van der Waals surface area contributed by atoms with E-state index in [1.165, 1.54) is 30.3 Å². The highest BCUT2D eigenvalue weighted by molar-refractivity contribution is 5.41. The Hall–Kier alpha value is -6.07. The maximum atomic E-state index is 13.0. The molecule has 4 bridgehead atoms. The minimum atomic E-state index is -4.83. The number of benzene rings is 2. The molecule has 2 saturated carbocycles. The van der Waals surface area contributed by atoms with E-state index < -0.39 is 24.7 Å². The van der Waals surface area contributed by atoms with Crippen molar-refractivity contribution in [1.29, 1.82) is 5.26 Å². The number of aromatic nitrogens is 8. The monoisotopic (exact) mass is 925 g/mol. The molecule has 15 nitrogen and oxygen atoms in total. The van der Waals surface area contributed by atoms with Crippen molar-refractivity contribution >= 4 is 6.01 Å². The fourth-order valence-corrected chi connectivity index (χ4v) is 10.0. The van der Waals surface area contributed by atoms with Gasteiger partial charge >= 0.3 is 30.6 Å². The smallest absolute Gasteiger partial charge is 0.424 e. The molecule has 2 saturated heterocycles. The van der Waals surface area contributed by atoms with Gasteiger partial charge in [-0.3, -0.25) is 0 Å². The van der Waals surface area contributed by atoms with Gasteiger partial charge in [-0.05, 0) is 114 Å². The third kappa shape index (κ3) is 11.0. The minimum Gasteiger partial charge on any atom is -0.424 e. The summed E-state index contributed by atoms with van der Waals surface area (Å²) in [7, 11) is 0. The van der Waals surface area contributed by atoms with E-state index in [9.17, 15) is 31.6 Å². The zero-order valence-corrected chi connectivity index (χ0v) is 37.3. The number of para-hydroxylation sites is 3. The first-order chi connectivity index (χ1) is 31.4. The molecule has 2 aliphatic carbocycles. The molecule has 0 radical (unpaired) electrons. The van der Waals surface area contributed by atoms with Gasteiger partial charge in [-0.15, -0.1) is 13.2 Å². The van der Waals surface area contributed by atoms with Crippen LogP contribution >= 0.6 is 0 Å². The second-order valence-corrected chi connectivity index (χ2v) is 18.3. The van der Waals surface area contributed by atoms with Crippen LogP contribution in [0.15, 0.2) is 53.1 Å². The van der Waals surface area contributed by atoms with Crippen LogP contribution in [0, 0.1) is 53.9 Å². The molecule has 9 rings (SSSR count). The summed E-state index contributed by atoms with van der Waals surface area (Å²) in [6, 6.07) is 12.6. The minimum absolute atomic E-state index is 0.0552. The third-order valence-electron chi connectivity index (χ3n) is 12.9. The SMILES string of the molecule is CC(C)n1nc(CC2[C@@H]3CC[C@H]2CN(C#N)C3)nc1Oc1ccccc1OC(F)(F)F.Cc1noc(N2C[C@H]3CC[C@@H](C2)C3Cc2nc(Oc3ccccc3CC(F)(F)F)n(C(C)C)n2)n1. The fourth-order valence-electron chi connectivity index (χ4n) is 10.0. The summed E-state index contributed by atoms with van der Waals surface area (Å²) in [4.78, 5) is 17.5. The maximum absolute atomic E-state index is 13.0. The largest absolute Gasteiger partial charge is 0.573 e. The lowest BCUT2D eigenvalue weighted by atomic mass is 9.82. The number of nitrogens with zero attached hydrogens (tertiary/aromatic N) is 11. The van der Waals surface area contributed by atoms with Gasteiger partial charge in [0.1, 0.15) is 5.75 Å². The van der Waals surface area contributed by atoms with Gasteiger partial charge < -0.3 is 28.5 Å². The van der Waals surface area contributed by atoms with Gasteiger partial charge in [0.15, 0.2) is 35.2 Å². The summed E-state index contributed by atoms with van der Waals surface area (Å²) in [5.41, 5.74) is 0.0709. The zero-order chi connectivity index (χ0) is 46.9. The second-order valence-electron chi connectivity index (χ2n) is 18.3. The molecule has 6 atom stereocenters. The fraction of sp³-hybridized carbons (Fsp3) is 0.578. The van der Waals surface area contributed by atoms with Gasteiger partial charge in [-0.2, -0.15) is 43.6 Å². The number of fused-ring (bicyclic) bond motifs is 4. The number of nitriles is 1. The molecule has 3 aromatic heterocycles. The number of anilines is 1. The zero-order valence-electron chi connectivity index (χ0n) is 37.3. The Kier molecular flexibility index (Phi) is 13.4. The number of ether oxygens (including phenoxy) is 3. The van der Waals surface area contributed by atoms with Gasteiger partial charge in [0, 0.05) is 44.6 Å². The molecule has 5 aromatic rings. The van der Waals surface area contributed by atoms with Crippen molar-refractivity contribution in [1.82, 2.24) is 44.6 Å². The summed E-state index contributed by atoms with van der Waals surface area (Å²) in [6.07, 6.45) is -2.19. The molecular weight excluding hydrogens is 873 g/mol. The van der Waals surface area contributed by atoms with Crippen molar-refractivity contribution in [2.24, 2.45) is 35.5 Å². The third-order valence-corrected chi connectivity index (χ3v) is 12.9. The van der Waals surface area contributed by atoms with Crippen LogP contribution < -0.4 is 19.1 Å². The molecule has 2 aliphatic heterocycles. The Labute approximate surface area is 378 Å². The molecule has 21 heteroatoms. The Balaban J connectivity index is 0.000000181. The number of aryl methyl sites for hydroxylation is 1. The summed E-state index contributed by atoms with van der Waals surface area (Å²) < 4.78 is 102. The van der Waals surface area contributed by atoms with E-state index in [4.69, 9.17) is 14.0 Å². The quantitative estimate of drug-likeness (QED) is 0.0813. The van der Waals surface area contributed by atoms with Crippen LogP contribution in [0.3, 0.4) is 0 Å². The normalized spacial score (nSPS) is 22.7. The van der Waals surface area contributed by atoms with E-state index in [-0.39, 0.29) is 41.2 Å². The molecule has 0 N–H and O–H groups in total. The molecule has 2 unspecified atom stereocenters. The first kappa shape index (κ1) is 46.5. The standard InChI is InChI=1S/C24H29F3N6O2.C21H24F3N5O2/c1-14(2)33-23(34-20-7-5-4-6-16(20)11-24(25,26)27)29-21(30-33)10-19-17-8-9-18(19)13-32(12-17)22-28-15(3)31-35-22;1-13(2)29-20(30-17-5-3-4-6-18(17)31-21(22,23)24)26-19(27-29)9-16-14-7-8-15(16)11-28(10-14)12-25/h4-7,14,17-19H,8-13H2,1-3H3;3-6,13-16H,7-11H2,1-2H3/t17-,18+,19?;14-,15+,16?. The molecule has 0 spiro atoms. The van der Waals surface area contributed by atoms with Gasteiger partial charge in [0.25, 0.3) is 0 Å². The van der Waals surface area contributed by atoms with Crippen LogP contribution in [0.5, 0.6) is 29.3 Å². The van der Waals surface area contributed by atoms with E-state index in [1.54, 1.807) is 27.6 Å². The molecule has 66 heavy (non-hydrogen) atoms. The average molecular weight is 926 g/mol. The Bertz CT molecular complexity index is 2450. The van der Waals surface area contributed by atoms with Gasteiger partial charge in [0.05, 0.1) is 18.5 Å². The van der Waals surface area contributed by atoms with Crippen LogP contribution in [-0.4, -0.2) is 83.3 Å². The van der Waals surface area contributed by atoms with Gasteiger partial charge in [-0.1, -0.05) is 35.5 Å². The first-order valence-electron chi connectivity index (χ1n) is 22.4. The highest BCUT2D eigenvalue weighted by atomic mass is 19.4. The molecule has 4 fully saturated rings. The van der Waals surface area contributed by atoms with Crippen LogP contribution in [0.2, 0.25) is 0 Å². The van der Waals surface area contributed by atoms with Gasteiger partial charge in [-0.25, -0.2) is 9.36 Å². The predicted molar refractivity (Wildman–Crippen MR) is 226 cm³/mol. The number of likely N-dealkylation sites (tertiary alicyclic amines) is 1. The van der Waals surface area contributed by atoms with Crippen molar-refractivity contribution in [3.05, 3.63) is 71.6 Å². The number of hydrogen-bond donors (Lipinski definition) is 0. The number of rotatable bonds is 13. The summed E-state index contributed by atoms with van der Waals surface area (Å²) in [5, 5.41) is 22.4. The number of piperidine rings is 2. The predicted octanol–water partition coefficient (Wildman–Crippen LogP) is 9.68. The summed E-state index contributed by atoms with van der Waals surface area (Å²) in [5.74, 6) is 4.11. The van der Waals surface area contributed by atoms with Crippen molar-refractivity contribution < 1.29 is 45.1 Å². The highest BCUT2D eigenvalue weighted by Crippen LogP contribution is 2.46. The van der Waals surface area contributed by atoms with Gasteiger partial charge in [0.2, 0.25) is 0 Å². The molecule has 354 valence electrons. The highest BCUT2D eigenvalue weighted by Gasteiger charge is 2.45. The lowest BCUT2D eigenvalue weighted by molar-refractivity contribution is -0.275. The molecule has 2 aromatic carbocycles. The lowest BCUT2D eigenvalue weighted by Gasteiger charge is -2.36. The molecule has 0 amide bonds. The topological polar surface area (TPSA) is 158 Å². The summed E-state index contributed by atoms with van der Waals surface area (Å²) >= 11 is 0. The van der Waals surface area contributed by atoms with E-state index >= 15 is 0 Å². The van der Waals surface area contributed by atoms with Crippen LogP contribution in [0.4, 0.5) is 32.4 Å².